The zero-order valence-electron chi connectivity index (χ0n) is 6.89. The normalized spacial score (nSPS) is 29.7. The van der Waals surface area contributed by atoms with Crippen molar-refractivity contribution >= 4 is 0 Å². The first-order valence-corrected chi connectivity index (χ1v) is 4.48. The lowest BCUT2D eigenvalue weighted by atomic mass is 9.93. The second-order valence-corrected chi connectivity index (χ2v) is 3.73. The number of hydrogen-bond donors (Lipinski definition) is 0. The van der Waals surface area contributed by atoms with Crippen LogP contribution in [0.2, 0.25) is 0 Å². The molecule has 2 aliphatic carbocycles. The SMILES string of the molecule is FC1=CCC(CC2CC2)C(F)=C1. The largest absolute Gasteiger partial charge is 0.211 e. The van der Waals surface area contributed by atoms with E-state index in [-0.39, 0.29) is 11.7 Å². The van der Waals surface area contributed by atoms with Crippen LogP contribution in [0.4, 0.5) is 8.78 Å². The molecule has 0 spiro atoms. The minimum atomic E-state index is -0.417. The molecular formula is C10H12F2. The topological polar surface area (TPSA) is 0 Å². The maximum atomic E-state index is 13.1. The highest BCUT2D eigenvalue weighted by Gasteiger charge is 2.28. The highest BCUT2D eigenvalue weighted by atomic mass is 19.1. The lowest BCUT2D eigenvalue weighted by Gasteiger charge is -2.15. The summed E-state index contributed by atoms with van der Waals surface area (Å²) in [6, 6.07) is 0. The average Bonchev–Trinajstić information content (AvgIpc) is 2.79. The molecule has 0 saturated heterocycles. The fraction of sp³-hybridized carbons (Fsp3) is 0.600. The first-order valence-electron chi connectivity index (χ1n) is 4.48. The van der Waals surface area contributed by atoms with Gasteiger partial charge >= 0.3 is 0 Å². The predicted octanol–water partition coefficient (Wildman–Crippen LogP) is 3.51. The van der Waals surface area contributed by atoms with E-state index in [9.17, 15) is 8.78 Å². The van der Waals surface area contributed by atoms with E-state index in [1.807, 2.05) is 0 Å². The molecule has 12 heavy (non-hydrogen) atoms. The van der Waals surface area contributed by atoms with E-state index in [0.717, 1.165) is 12.5 Å². The molecule has 0 aromatic carbocycles. The molecule has 66 valence electrons. The Kier molecular flexibility index (Phi) is 1.99. The van der Waals surface area contributed by atoms with Gasteiger partial charge in [0, 0.05) is 12.0 Å². The summed E-state index contributed by atoms with van der Waals surface area (Å²) in [5.41, 5.74) is 0. The van der Waals surface area contributed by atoms with Crippen LogP contribution in [0.15, 0.2) is 23.8 Å². The first-order chi connectivity index (χ1) is 5.75. The van der Waals surface area contributed by atoms with E-state index in [4.69, 9.17) is 0 Å². The van der Waals surface area contributed by atoms with E-state index in [1.54, 1.807) is 0 Å². The Balaban J connectivity index is 1.95. The fourth-order valence-electron chi connectivity index (χ4n) is 1.64. The molecule has 0 aromatic rings. The van der Waals surface area contributed by atoms with Crippen molar-refractivity contribution in [3.05, 3.63) is 23.8 Å². The molecule has 0 radical (unpaired) electrons. The Bertz CT molecular complexity index is 236. The van der Waals surface area contributed by atoms with Gasteiger partial charge in [0.1, 0.15) is 11.7 Å². The zero-order valence-corrected chi connectivity index (χ0v) is 6.89. The molecule has 0 aromatic heterocycles. The zero-order chi connectivity index (χ0) is 8.55. The van der Waals surface area contributed by atoms with E-state index in [1.165, 1.54) is 18.9 Å². The van der Waals surface area contributed by atoms with Gasteiger partial charge in [-0.05, 0) is 24.8 Å². The molecule has 0 aliphatic heterocycles. The highest BCUT2D eigenvalue weighted by molar-refractivity contribution is 5.21. The van der Waals surface area contributed by atoms with Crippen molar-refractivity contribution < 1.29 is 8.78 Å². The van der Waals surface area contributed by atoms with Crippen molar-refractivity contribution in [3.63, 3.8) is 0 Å². The summed E-state index contributed by atoms with van der Waals surface area (Å²) in [5.74, 6) is 0.00200. The standard InChI is InChI=1S/C10H12F2/c11-9-4-3-8(10(12)6-9)5-7-1-2-7/h4,6-8H,1-3,5H2. The van der Waals surface area contributed by atoms with E-state index in [0.29, 0.717) is 12.3 Å². The van der Waals surface area contributed by atoms with Gasteiger partial charge in [-0.15, -0.1) is 0 Å². The number of hydrogen-bond acceptors (Lipinski definition) is 0. The summed E-state index contributed by atoms with van der Waals surface area (Å²) in [6.45, 7) is 0. The van der Waals surface area contributed by atoms with Crippen LogP contribution in [0, 0.1) is 11.8 Å². The monoisotopic (exact) mass is 170 g/mol. The van der Waals surface area contributed by atoms with Crippen LogP contribution in [0.25, 0.3) is 0 Å². The molecule has 1 saturated carbocycles. The maximum Gasteiger partial charge on any atom is 0.121 e. The summed E-state index contributed by atoms with van der Waals surface area (Å²) >= 11 is 0. The van der Waals surface area contributed by atoms with Crippen LogP contribution >= 0.6 is 0 Å². The maximum absolute atomic E-state index is 13.1. The molecule has 1 unspecified atom stereocenters. The van der Waals surface area contributed by atoms with Crippen molar-refractivity contribution in [3.8, 4) is 0 Å². The Morgan fingerprint density at radius 2 is 2.08 bits per heavy atom. The fourth-order valence-corrected chi connectivity index (χ4v) is 1.64. The van der Waals surface area contributed by atoms with Crippen molar-refractivity contribution in [2.24, 2.45) is 11.8 Å². The van der Waals surface area contributed by atoms with Gasteiger partial charge in [0.2, 0.25) is 0 Å². The first kappa shape index (κ1) is 7.96. The van der Waals surface area contributed by atoms with Gasteiger partial charge in [0.05, 0.1) is 0 Å². The molecule has 1 atom stereocenters. The quantitative estimate of drug-likeness (QED) is 0.594. The van der Waals surface area contributed by atoms with Gasteiger partial charge in [0.15, 0.2) is 0 Å². The minimum absolute atomic E-state index is 0.0306. The molecule has 0 nitrogen and oxygen atoms in total. The summed E-state index contributed by atoms with van der Waals surface area (Å²) in [5, 5.41) is 0. The second kappa shape index (κ2) is 3.00. The van der Waals surface area contributed by atoms with E-state index < -0.39 is 5.83 Å². The summed E-state index contributed by atoms with van der Waals surface area (Å²) < 4.78 is 25.6. The van der Waals surface area contributed by atoms with Crippen LogP contribution in [-0.2, 0) is 0 Å². The van der Waals surface area contributed by atoms with Crippen LogP contribution in [0.5, 0.6) is 0 Å². The summed E-state index contributed by atoms with van der Waals surface area (Å²) in [7, 11) is 0. The molecule has 0 amide bonds. The smallest absolute Gasteiger partial charge is 0.121 e. The molecule has 2 aliphatic rings. The van der Waals surface area contributed by atoms with Gasteiger partial charge in [0.25, 0.3) is 0 Å². The van der Waals surface area contributed by atoms with E-state index in [2.05, 4.69) is 0 Å². The Morgan fingerprint density at radius 1 is 1.33 bits per heavy atom. The van der Waals surface area contributed by atoms with Gasteiger partial charge in [-0.2, -0.15) is 0 Å². The van der Waals surface area contributed by atoms with Crippen molar-refractivity contribution in [2.45, 2.75) is 25.7 Å². The van der Waals surface area contributed by atoms with Gasteiger partial charge in [-0.3, -0.25) is 0 Å². The number of allylic oxidation sites excluding steroid dienone is 4. The van der Waals surface area contributed by atoms with Crippen LogP contribution < -0.4 is 0 Å². The number of rotatable bonds is 2. The minimum Gasteiger partial charge on any atom is -0.211 e. The Hall–Kier alpha value is -0.660. The highest BCUT2D eigenvalue weighted by Crippen LogP contribution is 2.40. The van der Waals surface area contributed by atoms with Crippen molar-refractivity contribution in [1.29, 1.82) is 0 Å². The number of halogens is 2. The van der Waals surface area contributed by atoms with Crippen molar-refractivity contribution in [2.75, 3.05) is 0 Å². The third-order valence-electron chi connectivity index (χ3n) is 2.58. The van der Waals surface area contributed by atoms with Crippen LogP contribution in [-0.4, -0.2) is 0 Å². The van der Waals surface area contributed by atoms with Crippen molar-refractivity contribution in [1.82, 2.24) is 0 Å². The molecule has 2 rings (SSSR count). The predicted molar refractivity (Wildman–Crippen MR) is 43.8 cm³/mol. The Labute approximate surface area is 71.0 Å². The third kappa shape index (κ3) is 1.74. The molecule has 1 fully saturated rings. The van der Waals surface area contributed by atoms with Gasteiger partial charge in [-0.25, -0.2) is 8.78 Å². The molecule has 2 heteroatoms. The second-order valence-electron chi connectivity index (χ2n) is 3.73. The molecule has 0 heterocycles. The molecule has 0 N–H and O–H groups in total. The average molecular weight is 170 g/mol. The third-order valence-corrected chi connectivity index (χ3v) is 2.58. The lowest BCUT2D eigenvalue weighted by molar-refractivity contribution is 0.410. The van der Waals surface area contributed by atoms with Crippen LogP contribution in [0.3, 0.4) is 0 Å². The van der Waals surface area contributed by atoms with Crippen LogP contribution in [0.1, 0.15) is 25.7 Å². The summed E-state index contributed by atoms with van der Waals surface area (Å²) in [6.07, 6.45) is 6.43. The summed E-state index contributed by atoms with van der Waals surface area (Å²) in [4.78, 5) is 0. The lowest BCUT2D eigenvalue weighted by Crippen LogP contribution is -2.04. The van der Waals surface area contributed by atoms with E-state index >= 15 is 0 Å². The van der Waals surface area contributed by atoms with Gasteiger partial charge < -0.3 is 0 Å². The molecular weight excluding hydrogens is 158 g/mol. The Morgan fingerprint density at radius 3 is 2.67 bits per heavy atom. The molecule has 0 bridgehead atoms. The van der Waals surface area contributed by atoms with Gasteiger partial charge in [-0.1, -0.05) is 12.8 Å².